The number of amides is 1. The minimum absolute atomic E-state index is 0.0692. The van der Waals surface area contributed by atoms with Crippen LogP contribution in [0.15, 0.2) is 58.5 Å². The topological polar surface area (TPSA) is 64.0 Å². The highest BCUT2D eigenvalue weighted by Gasteiger charge is 2.14. The summed E-state index contributed by atoms with van der Waals surface area (Å²) in [5.41, 5.74) is 1.14. The van der Waals surface area contributed by atoms with Crippen molar-refractivity contribution in [1.29, 1.82) is 0 Å². The second-order valence-electron chi connectivity index (χ2n) is 6.87. The fourth-order valence-electron chi connectivity index (χ4n) is 2.72. The van der Waals surface area contributed by atoms with Crippen LogP contribution in [-0.2, 0) is 11.3 Å². The summed E-state index contributed by atoms with van der Waals surface area (Å²) in [5, 5.41) is 4.43. The van der Waals surface area contributed by atoms with Gasteiger partial charge in [-0.1, -0.05) is 61.5 Å². The number of aromatic nitrogens is 2. The van der Waals surface area contributed by atoms with Gasteiger partial charge in [0.2, 0.25) is 5.91 Å². The van der Waals surface area contributed by atoms with E-state index in [1.54, 1.807) is 28.8 Å². The molecule has 0 unspecified atom stereocenters. The third kappa shape index (κ3) is 4.94. The largest absolute Gasteiger partial charge is 0.324 e. The molecular weight excluding hydrogens is 394 g/mol. The third-order valence-corrected chi connectivity index (χ3v) is 5.54. The number of benzene rings is 2. The molecule has 1 aromatic heterocycles. The maximum Gasteiger partial charge on any atom is 0.262 e. The summed E-state index contributed by atoms with van der Waals surface area (Å²) >= 11 is 7.35. The molecule has 2 aromatic carbocycles. The van der Waals surface area contributed by atoms with Crippen LogP contribution in [0, 0.1) is 5.92 Å². The van der Waals surface area contributed by atoms with Crippen molar-refractivity contribution in [1.82, 2.24) is 9.55 Å². The highest BCUT2D eigenvalue weighted by Crippen LogP contribution is 2.22. The minimum Gasteiger partial charge on any atom is -0.324 e. The molecule has 0 aliphatic rings. The number of para-hydroxylation sites is 2. The average Bonchev–Trinajstić information content (AvgIpc) is 2.67. The SMILES string of the molecule is CC(C)CCn1c(SCC(=O)Nc2ccccc2Cl)nc2ccccc2c1=O. The molecule has 0 saturated carbocycles. The van der Waals surface area contributed by atoms with Gasteiger partial charge in [-0.3, -0.25) is 14.2 Å². The zero-order chi connectivity index (χ0) is 20.1. The number of carbonyl (C=O) groups is 1. The van der Waals surface area contributed by atoms with Crippen molar-refractivity contribution >= 4 is 45.9 Å². The van der Waals surface area contributed by atoms with Crippen LogP contribution in [0.5, 0.6) is 0 Å². The van der Waals surface area contributed by atoms with Crippen LogP contribution in [0.3, 0.4) is 0 Å². The van der Waals surface area contributed by atoms with E-state index in [0.29, 0.717) is 39.2 Å². The Hall–Kier alpha value is -2.31. The number of fused-ring (bicyclic) bond motifs is 1. The normalized spacial score (nSPS) is 11.1. The van der Waals surface area contributed by atoms with E-state index < -0.39 is 0 Å². The first kappa shape index (κ1) is 20.4. The van der Waals surface area contributed by atoms with Crippen molar-refractivity contribution in [3.05, 3.63) is 63.9 Å². The van der Waals surface area contributed by atoms with Gasteiger partial charge < -0.3 is 5.32 Å². The van der Waals surface area contributed by atoms with Gasteiger partial charge in [-0.15, -0.1) is 0 Å². The zero-order valence-electron chi connectivity index (χ0n) is 15.8. The van der Waals surface area contributed by atoms with Crippen LogP contribution in [0.25, 0.3) is 10.9 Å². The Morgan fingerprint density at radius 2 is 1.89 bits per heavy atom. The van der Waals surface area contributed by atoms with Crippen LogP contribution >= 0.6 is 23.4 Å². The number of nitrogens with zero attached hydrogens (tertiary/aromatic N) is 2. The number of nitrogens with one attached hydrogen (secondary N) is 1. The van der Waals surface area contributed by atoms with Crippen molar-refractivity contribution < 1.29 is 4.79 Å². The molecular formula is C21H22ClN3O2S. The molecule has 0 aliphatic carbocycles. The monoisotopic (exact) mass is 415 g/mol. The number of carbonyl (C=O) groups excluding carboxylic acids is 1. The molecule has 5 nitrogen and oxygen atoms in total. The van der Waals surface area contributed by atoms with Crippen LogP contribution in [0.4, 0.5) is 5.69 Å². The second-order valence-corrected chi connectivity index (χ2v) is 8.22. The number of rotatable bonds is 7. The van der Waals surface area contributed by atoms with Crippen LogP contribution in [-0.4, -0.2) is 21.2 Å². The summed E-state index contributed by atoms with van der Waals surface area (Å²) in [6.45, 7) is 4.80. The van der Waals surface area contributed by atoms with Gasteiger partial charge in [-0.2, -0.15) is 0 Å². The fraction of sp³-hybridized carbons (Fsp3) is 0.286. The molecule has 3 aromatic rings. The van der Waals surface area contributed by atoms with E-state index in [0.717, 1.165) is 6.42 Å². The van der Waals surface area contributed by atoms with Gasteiger partial charge in [0.05, 0.1) is 27.4 Å². The Kier molecular flexibility index (Phi) is 6.75. The van der Waals surface area contributed by atoms with E-state index >= 15 is 0 Å². The third-order valence-electron chi connectivity index (χ3n) is 4.24. The molecule has 0 bridgehead atoms. The van der Waals surface area contributed by atoms with Crippen LogP contribution in [0.2, 0.25) is 5.02 Å². The van der Waals surface area contributed by atoms with E-state index in [1.807, 2.05) is 24.3 Å². The molecule has 1 heterocycles. The van der Waals surface area contributed by atoms with Crippen LogP contribution < -0.4 is 10.9 Å². The molecule has 7 heteroatoms. The quantitative estimate of drug-likeness (QED) is 0.443. The lowest BCUT2D eigenvalue weighted by Crippen LogP contribution is -2.25. The van der Waals surface area contributed by atoms with Gasteiger partial charge in [0.1, 0.15) is 0 Å². The Morgan fingerprint density at radius 3 is 2.64 bits per heavy atom. The number of thioether (sulfide) groups is 1. The van der Waals surface area contributed by atoms with E-state index in [-0.39, 0.29) is 17.2 Å². The molecule has 3 rings (SSSR count). The lowest BCUT2D eigenvalue weighted by Gasteiger charge is -2.14. The standard InChI is InChI=1S/C21H22ClN3O2S/c1-14(2)11-12-25-20(27)15-7-3-5-9-17(15)24-21(25)28-13-19(26)23-18-10-6-4-8-16(18)22/h3-10,14H,11-13H2,1-2H3,(H,23,26). The molecule has 28 heavy (non-hydrogen) atoms. The van der Waals surface area contributed by atoms with Gasteiger partial charge in [0.15, 0.2) is 5.16 Å². The molecule has 0 radical (unpaired) electrons. The molecule has 0 spiro atoms. The Bertz CT molecular complexity index is 1050. The molecule has 1 N–H and O–H groups in total. The maximum atomic E-state index is 12.9. The van der Waals surface area contributed by atoms with E-state index in [1.165, 1.54) is 11.8 Å². The maximum absolute atomic E-state index is 12.9. The Labute approximate surface area is 173 Å². The van der Waals surface area contributed by atoms with E-state index in [4.69, 9.17) is 11.6 Å². The summed E-state index contributed by atoms with van der Waals surface area (Å²) in [7, 11) is 0. The van der Waals surface area contributed by atoms with Gasteiger partial charge >= 0.3 is 0 Å². The second kappa shape index (κ2) is 9.26. The van der Waals surface area contributed by atoms with E-state index in [9.17, 15) is 9.59 Å². The summed E-state index contributed by atoms with van der Waals surface area (Å²) in [5.74, 6) is 0.396. The lowest BCUT2D eigenvalue weighted by atomic mass is 10.1. The smallest absolute Gasteiger partial charge is 0.262 e. The highest BCUT2D eigenvalue weighted by molar-refractivity contribution is 7.99. The number of anilines is 1. The lowest BCUT2D eigenvalue weighted by molar-refractivity contribution is -0.113. The van der Waals surface area contributed by atoms with Gasteiger partial charge in [0, 0.05) is 6.54 Å². The van der Waals surface area contributed by atoms with Crippen LogP contribution in [0.1, 0.15) is 20.3 Å². The number of hydrogen-bond donors (Lipinski definition) is 1. The van der Waals surface area contributed by atoms with E-state index in [2.05, 4.69) is 24.1 Å². The van der Waals surface area contributed by atoms with Crippen molar-refractivity contribution in [3.63, 3.8) is 0 Å². The van der Waals surface area contributed by atoms with Crippen molar-refractivity contribution in [2.24, 2.45) is 5.92 Å². The van der Waals surface area contributed by atoms with Gasteiger partial charge in [-0.25, -0.2) is 4.98 Å². The molecule has 0 saturated heterocycles. The Balaban J connectivity index is 1.82. The van der Waals surface area contributed by atoms with Crippen molar-refractivity contribution in [3.8, 4) is 0 Å². The predicted octanol–water partition coefficient (Wildman–Crippen LogP) is 4.83. The molecule has 0 atom stereocenters. The molecule has 0 fully saturated rings. The number of halogens is 1. The fourth-order valence-corrected chi connectivity index (χ4v) is 3.73. The van der Waals surface area contributed by atoms with Gasteiger partial charge in [0.25, 0.3) is 5.56 Å². The average molecular weight is 416 g/mol. The molecule has 146 valence electrons. The first-order chi connectivity index (χ1) is 13.5. The first-order valence-corrected chi connectivity index (χ1v) is 10.5. The highest BCUT2D eigenvalue weighted by atomic mass is 35.5. The number of hydrogen-bond acceptors (Lipinski definition) is 4. The van der Waals surface area contributed by atoms with Crippen molar-refractivity contribution in [2.75, 3.05) is 11.1 Å². The summed E-state index contributed by atoms with van der Waals surface area (Å²) in [6.07, 6.45) is 0.860. The molecule has 0 aliphatic heterocycles. The van der Waals surface area contributed by atoms with Crippen molar-refractivity contribution in [2.45, 2.75) is 32.0 Å². The minimum atomic E-state index is -0.198. The molecule has 1 amide bonds. The predicted molar refractivity (Wildman–Crippen MR) is 116 cm³/mol. The summed E-state index contributed by atoms with van der Waals surface area (Å²) < 4.78 is 1.68. The Morgan fingerprint density at radius 1 is 1.18 bits per heavy atom. The summed E-state index contributed by atoms with van der Waals surface area (Å²) in [6, 6.07) is 14.4. The van der Waals surface area contributed by atoms with Gasteiger partial charge in [-0.05, 0) is 36.6 Å². The summed E-state index contributed by atoms with van der Waals surface area (Å²) in [4.78, 5) is 29.9. The zero-order valence-corrected chi connectivity index (χ0v) is 17.4. The first-order valence-electron chi connectivity index (χ1n) is 9.12.